The lowest BCUT2D eigenvalue weighted by atomic mass is 10.3. The van der Waals surface area contributed by atoms with Crippen molar-refractivity contribution in [3.05, 3.63) is 0 Å². The summed E-state index contributed by atoms with van der Waals surface area (Å²) in [6, 6.07) is -0.487. The molecule has 0 aromatic rings. The van der Waals surface area contributed by atoms with Crippen LogP contribution >= 0.6 is 0 Å². The molecule has 0 rings (SSSR count). The summed E-state index contributed by atoms with van der Waals surface area (Å²) in [5.41, 5.74) is 10.1. The Balaban J connectivity index is 3.06. The highest BCUT2D eigenvalue weighted by Crippen LogP contribution is 1.93. The van der Waals surface area contributed by atoms with Crippen molar-refractivity contribution in [2.75, 3.05) is 13.2 Å². The fourth-order valence-electron chi connectivity index (χ4n) is 0.264. The van der Waals surface area contributed by atoms with E-state index in [0.717, 1.165) is 0 Å². The average molecular weight is 140 g/mol. The molecule has 9 heavy (non-hydrogen) atoms. The van der Waals surface area contributed by atoms with Crippen molar-refractivity contribution in [2.24, 2.45) is 11.5 Å². The predicted octanol–water partition coefficient (Wildman–Crippen LogP) is -0.488. The van der Waals surface area contributed by atoms with Gasteiger partial charge in [0.15, 0.2) is 0 Å². The van der Waals surface area contributed by atoms with Gasteiger partial charge in [-0.3, -0.25) is 0 Å². The lowest BCUT2D eigenvalue weighted by molar-refractivity contribution is -0.131. The molecule has 56 valence electrons. The van der Waals surface area contributed by atoms with Crippen LogP contribution in [0.1, 0.15) is 0 Å². The van der Waals surface area contributed by atoms with Crippen molar-refractivity contribution in [3.63, 3.8) is 0 Å². The van der Waals surface area contributed by atoms with Gasteiger partial charge in [0.25, 0.3) is 0 Å². The summed E-state index contributed by atoms with van der Waals surface area (Å²) >= 11 is 0. The van der Waals surface area contributed by atoms with Crippen LogP contribution in [0.15, 0.2) is 0 Å². The van der Waals surface area contributed by atoms with Gasteiger partial charge in [0, 0.05) is 12.6 Å². The van der Waals surface area contributed by atoms with Crippen molar-refractivity contribution in [1.82, 2.24) is 0 Å². The molecule has 0 fully saturated rings. The summed E-state index contributed by atoms with van der Waals surface area (Å²) in [4.78, 5) is 0. The van der Waals surface area contributed by atoms with E-state index in [1.165, 1.54) is 0 Å². The van der Waals surface area contributed by atoms with E-state index in [1.807, 2.05) is 0 Å². The van der Waals surface area contributed by atoms with E-state index in [9.17, 15) is 8.78 Å². The smallest absolute Gasteiger partial charge is 0.329 e. The lowest BCUT2D eigenvalue weighted by Gasteiger charge is -2.07. The summed E-state index contributed by atoms with van der Waals surface area (Å²) in [5, 5.41) is 0. The van der Waals surface area contributed by atoms with E-state index in [4.69, 9.17) is 11.5 Å². The predicted molar refractivity (Wildman–Crippen MR) is 29.0 cm³/mol. The minimum Gasteiger partial charge on any atom is -0.329 e. The molecule has 1 unspecified atom stereocenters. The standard InChI is InChI=1S/C4H10F2N2O/c5-4(6)9-2-3(8)1-7/h3-4H,1-2,7-8H2. The van der Waals surface area contributed by atoms with Gasteiger partial charge < -0.3 is 16.2 Å². The van der Waals surface area contributed by atoms with Gasteiger partial charge in [0.1, 0.15) is 0 Å². The third-order valence-electron chi connectivity index (χ3n) is 0.739. The number of alkyl halides is 2. The Morgan fingerprint density at radius 1 is 1.44 bits per heavy atom. The van der Waals surface area contributed by atoms with Crippen molar-refractivity contribution in [2.45, 2.75) is 12.7 Å². The average Bonchev–Trinajstić information content (AvgIpc) is 1.83. The van der Waals surface area contributed by atoms with Crippen LogP contribution in [0.25, 0.3) is 0 Å². The molecule has 5 heteroatoms. The van der Waals surface area contributed by atoms with Crippen molar-refractivity contribution in [3.8, 4) is 0 Å². The molecule has 0 aliphatic heterocycles. The molecule has 3 nitrogen and oxygen atoms in total. The Kier molecular flexibility index (Phi) is 4.47. The summed E-state index contributed by atoms with van der Waals surface area (Å²) in [6.07, 6.45) is 0. The Morgan fingerprint density at radius 3 is 2.33 bits per heavy atom. The molecular formula is C4H10F2N2O. The molecule has 0 aliphatic rings. The maximum Gasteiger partial charge on any atom is 0.345 e. The molecule has 0 aromatic carbocycles. The van der Waals surface area contributed by atoms with Gasteiger partial charge in [-0.15, -0.1) is 0 Å². The SMILES string of the molecule is NCC(N)COC(F)F. The Bertz CT molecular complexity index is 71.6. The molecule has 0 bridgehead atoms. The van der Waals surface area contributed by atoms with E-state index in [1.54, 1.807) is 0 Å². The number of hydrogen-bond acceptors (Lipinski definition) is 3. The van der Waals surface area contributed by atoms with Gasteiger partial charge in [0.2, 0.25) is 0 Å². The Morgan fingerprint density at radius 2 is 2.00 bits per heavy atom. The quantitative estimate of drug-likeness (QED) is 0.554. The summed E-state index contributed by atoms with van der Waals surface area (Å²) < 4.78 is 26.3. The van der Waals surface area contributed by atoms with Gasteiger partial charge in [-0.2, -0.15) is 8.78 Å². The number of hydrogen-bond donors (Lipinski definition) is 2. The first-order chi connectivity index (χ1) is 4.16. The molecule has 0 radical (unpaired) electrons. The number of rotatable bonds is 4. The molecule has 0 aromatic heterocycles. The normalized spacial score (nSPS) is 14.3. The number of halogens is 2. The molecular weight excluding hydrogens is 130 g/mol. The van der Waals surface area contributed by atoms with Gasteiger partial charge >= 0.3 is 6.61 Å². The minimum absolute atomic E-state index is 0.159. The first kappa shape index (κ1) is 8.74. The minimum atomic E-state index is -2.75. The van der Waals surface area contributed by atoms with E-state index in [2.05, 4.69) is 4.74 Å². The van der Waals surface area contributed by atoms with Crippen LogP contribution in [0.4, 0.5) is 8.78 Å². The number of ether oxygens (including phenoxy) is 1. The van der Waals surface area contributed by atoms with E-state index in [0.29, 0.717) is 0 Å². The fourth-order valence-corrected chi connectivity index (χ4v) is 0.264. The molecule has 0 amide bonds. The zero-order valence-electron chi connectivity index (χ0n) is 4.89. The zero-order valence-corrected chi connectivity index (χ0v) is 4.89. The van der Waals surface area contributed by atoms with Crippen LogP contribution < -0.4 is 11.5 Å². The highest BCUT2D eigenvalue weighted by Gasteiger charge is 2.04. The fraction of sp³-hybridized carbons (Fsp3) is 1.00. The van der Waals surface area contributed by atoms with Gasteiger partial charge in [-0.25, -0.2) is 0 Å². The first-order valence-electron chi connectivity index (χ1n) is 2.52. The van der Waals surface area contributed by atoms with Crippen LogP contribution in [-0.2, 0) is 4.74 Å². The molecule has 1 atom stereocenters. The van der Waals surface area contributed by atoms with Crippen LogP contribution in [0, 0.1) is 0 Å². The van der Waals surface area contributed by atoms with Crippen LogP contribution in [-0.4, -0.2) is 25.8 Å². The highest BCUT2D eigenvalue weighted by atomic mass is 19.3. The molecule has 0 aliphatic carbocycles. The van der Waals surface area contributed by atoms with E-state index < -0.39 is 12.7 Å². The summed E-state index contributed by atoms with van der Waals surface area (Å²) in [6.45, 7) is -2.77. The molecule has 4 N–H and O–H groups in total. The van der Waals surface area contributed by atoms with Gasteiger partial charge in [-0.1, -0.05) is 0 Å². The van der Waals surface area contributed by atoms with Crippen molar-refractivity contribution < 1.29 is 13.5 Å². The van der Waals surface area contributed by atoms with Crippen molar-refractivity contribution >= 4 is 0 Å². The second kappa shape index (κ2) is 4.60. The van der Waals surface area contributed by atoms with E-state index in [-0.39, 0.29) is 13.2 Å². The lowest BCUT2D eigenvalue weighted by Crippen LogP contribution is -2.34. The largest absolute Gasteiger partial charge is 0.345 e. The third kappa shape index (κ3) is 5.61. The molecule has 0 spiro atoms. The summed E-state index contributed by atoms with van der Waals surface area (Å²) in [5.74, 6) is 0. The maximum atomic E-state index is 11.2. The highest BCUT2D eigenvalue weighted by molar-refractivity contribution is 4.58. The van der Waals surface area contributed by atoms with Crippen LogP contribution in [0.5, 0.6) is 0 Å². The Hall–Kier alpha value is -0.260. The first-order valence-corrected chi connectivity index (χ1v) is 2.52. The Labute approximate surface area is 52.0 Å². The molecule has 0 saturated carbocycles. The third-order valence-corrected chi connectivity index (χ3v) is 0.739. The number of nitrogens with two attached hydrogens (primary N) is 2. The zero-order chi connectivity index (χ0) is 7.28. The summed E-state index contributed by atoms with van der Waals surface area (Å²) in [7, 11) is 0. The van der Waals surface area contributed by atoms with Crippen LogP contribution in [0.3, 0.4) is 0 Å². The second-order valence-electron chi connectivity index (χ2n) is 1.59. The van der Waals surface area contributed by atoms with Gasteiger partial charge in [0.05, 0.1) is 6.61 Å². The van der Waals surface area contributed by atoms with Crippen LogP contribution in [0.2, 0.25) is 0 Å². The van der Waals surface area contributed by atoms with E-state index >= 15 is 0 Å². The van der Waals surface area contributed by atoms with Gasteiger partial charge in [-0.05, 0) is 0 Å². The second-order valence-corrected chi connectivity index (χ2v) is 1.59. The maximum absolute atomic E-state index is 11.2. The molecule has 0 saturated heterocycles. The molecule has 0 heterocycles. The topological polar surface area (TPSA) is 61.3 Å². The monoisotopic (exact) mass is 140 g/mol. The van der Waals surface area contributed by atoms with Crippen molar-refractivity contribution in [1.29, 1.82) is 0 Å².